The summed E-state index contributed by atoms with van der Waals surface area (Å²) < 4.78 is 11.0. The Balaban J connectivity index is 1.36. The molecule has 0 aliphatic carbocycles. The van der Waals surface area contributed by atoms with E-state index in [9.17, 15) is 9.59 Å². The van der Waals surface area contributed by atoms with Gasteiger partial charge in [0.1, 0.15) is 24.4 Å². The molecule has 0 saturated carbocycles. The third kappa shape index (κ3) is 3.44. The number of benzene rings is 1. The summed E-state index contributed by atoms with van der Waals surface area (Å²) >= 11 is 0. The molecule has 0 radical (unpaired) electrons. The molecule has 0 unspecified atom stereocenters. The van der Waals surface area contributed by atoms with Crippen molar-refractivity contribution in [1.29, 1.82) is 0 Å². The number of methoxy groups -OCH3 is 1. The quantitative estimate of drug-likeness (QED) is 0.836. The van der Waals surface area contributed by atoms with Crippen molar-refractivity contribution >= 4 is 11.8 Å². The number of hydrogen-bond donors (Lipinski definition) is 1. The zero-order chi connectivity index (χ0) is 18.8. The van der Waals surface area contributed by atoms with Crippen LogP contribution in [0.4, 0.5) is 0 Å². The lowest BCUT2D eigenvalue weighted by molar-refractivity contribution is -0.138. The van der Waals surface area contributed by atoms with E-state index in [1.165, 1.54) is 6.33 Å². The second kappa shape index (κ2) is 7.26. The smallest absolute Gasteiger partial charge is 0.291 e. The number of carbonyl (C=O) groups is 2. The van der Waals surface area contributed by atoms with Gasteiger partial charge in [0.2, 0.25) is 11.7 Å². The number of fused-ring (bicyclic) bond motifs is 1. The van der Waals surface area contributed by atoms with Gasteiger partial charge < -0.3 is 19.3 Å². The first-order valence-electron chi connectivity index (χ1n) is 8.89. The highest BCUT2D eigenvalue weighted by Gasteiger charge is 2.32. The first-order valence-corrected chi connectivity index (χ1v) is 8.89. The molecule has 4 rings (SSSR count). The molecule has 1 aromatic carbocycles. The van der Waals surface area contributed by atoms with Crippen LogP contribution in [0.1, 0.15) is 16.2 Å². The van der Waals surface area contributed by atoms with Crippen LogP contribution < -0.4 is 9.47 Å². The topological polar surface area (TPSA) is 101 Å². The van der Waals surface area contributed by atoms with E-state index < -0.39 is 0 Å². The predicted molar refractivity (Wildman–Crippen MR) is 94.5 cm³/mol. The first-order chi connectivity index (χ1) is 13.2. The number of piperazine rings is 1. The zero-order valence-electron chi connectivity index (χ0n) is 15.1. The molecular weight excluding hydrogens is 350 g/mol. The summed E-state index contributed by atoms with van der Waals surface area (Å²) in [5, 5.41) is 6.28. The number of carbonyl (C=O) groups excluding carboxylic acids is 2. The van der Waals surface area contributed by atoms with Gasteiger partial charge in [-0.05, 0) is 30.2 Å². The average molecular weight is 371 g/mol. The van der Waals surface area contributed by atoms with Gasteiger partial charge >= 0.3 is 0 Å². The Hall–Kier alpha value is -3.10. The van der Waals surface area contributed by atoms with Crippen molar-refractivity contribution in [2.75, 3.05) is 39.9 Å². The lowest BCUT2D eigenvalue weighted by Crippen LogP contribution is -2.53. The molecule has 9 heteroatoms. The number of rotatable bonds is 3. The van der Waals surface area contributed by atoms with E-state index in [2.05, 4.69) is 15.2 Å². The van der Waals surface area contributed by atoms with Gasteiger partial charge in [-0.3, -0.25) is 14.7 Å². The van der Waals surface area contributed by atoms with Crippen LogP contribution in [0.3, 0.4) is 0 Å². The summed E-state index contributed by atoms with van der Waals surface area (Å²) in [6.07, 6.45) is 1.94. The fourth-order valence-electron chi connectivity index (χ4n) is 3.50. The minimum Gasteiger partial charge on any atom is -0.497 e. The molecular formula is C18H21N5O4. The molecule has 3 heterocycles. The molecule has 1 N–H and O–H groups in total. The van der Waals surface area contributed by atoms with Gasteiger partial charge in [-0.1, -0.05) is 0 Å². The van der Waals surface area contributed by atoms with Gasteiger partial charge in [0.05, 0.1) is 13.0 Å². The molecule has 2 aliphatic rings. The second-order valence-electron chi connectivity index (χ2n) is 6.64. The number of H-pyrrole nitrogens is 1. The van der Waals surface area contributed by atoms with E-state index in [4.69, 9.17) is 9.47 Å². The lowest BCUT2D eigenvalue weighted by atomic mass is 9.95. The number of amides is 2. The van der Waals surface area contributed by atoms with E-state index in [1.807, 2.05) is 23.1 Å². The van der Waals surface area contributed by atoms with E-state index >= 15 is 0 Å². The second-order valence-corrected chi connectivity index (χ2v) is 6.64. The van der Waals surface area contributed by atoms with Crippen LogP contribution in [0, 0.1) is 5.92 Å². The van der Waals surface area contributed by atoms with Crippen LogP contribution in [0.25, 0.3) is 0 Å². The Kier molecular flexibility index (Phi) is 4.66. The monoisotopic (exact) mass is 371 g/mol. The van der Waals surface area contributed by atoms with Crippen LogP contribution in [-0.4, -0.2) is 76.7 Å². The SMILES string of the molecule is COc1ccc2c(c1)C[C@H](C(=O)N1CCN(C(=O)c3ncn[nH]3)CC1)CO2. The highest BCUT2D eigenvalue weighted by atomic mass is 16.5. The molecule has 0 spiro atoms. The van der Waals surface area contributed by atoms with Crippen molar-refractivity contribution in [2.45, 2.75) is 6.42 Å². The van der Waals surface area contributed by atoms with Gasteiger partial charge in [0.15, 0.2) is 0 Å². The van der Waals surface area contributed by atoms with Gasteiger partial charge in [-0.25, -0.2) is 4.98 Å². The largest absolute Gasteiger partial charge is 0.497 e. The summed E-state index contributed by atoms with van der Waals surface area (Å²) in [5.74, 6) is 1.44. The normalized spacial score (nSPS) is 19.2. The van der Waals surface area contributed by atoms with Crippen molar-refractivity contribution in [1.82, 2.24) is 25.0 Å². The molecule has 2 amide bonds. The maximum Gasteiger partial charge on any atom is 0.291 e. The molecule has 1 saturated heterocycles. The predicted octanol–water partition coefficient (Wildman–Crippen LogP) is 0.349. The van der Waals surface area contributed by atoms with Crippen LogP contribution in [0.2, 0.25) is 0 Å². The molecule has 1 aromatic heterocycles. The molecule has 1 fully saturated rings. The Labute approximate surface area is 156 Å². The minimum atomic E-state index is -0.221. The Morgan fingerprint density at radius 1 is 1.22 bits per heavy atom. The van der Waals surface area contributed by atoms with Crippen molar-refractivity contribution < 1.29 is 19.1 Å². The number of hydrogen-bond acceptors (Lipinski definition) is 6. The van der Waals surface area contributed by atoms with Crippen molar-refractivity contribution in [3.8, 4) is 11.5 Å². The summed E-state index contributed by atoms with van der Waals surface area (Å²) in [6.45, 7) is 2.32. The maximum absolute atomic E-state index is 12.9. The minimum absolute atomic E-state index is 0.0650. The third-order valence-electron chi connectivity index (χ3n) is 5.02. The van der Waals surface area contributed by atoms with Crippen LogP contribution in [0.15, 0.2) is 24.5 Å². The number of aromatic amines is 1. The van der Waals surface area contributed by atoms with Gasteiger partial charge in [-0.15, -0.1) is 0 Å². The van der Waals surface area contributed by atoms with Crippen LogP contribution in [0.5, 0.6) is 11.5 Å². The van der Waals surface area contributed by atoms with Crippen molar-refractivity contribution in [3.63, 3.8) is 0 Å². The summed E-state index contributed by atoms with van der Waals surface area (Å²) in [4.78, 5) is 32.6. The third-order valence-corrected chi connectivity index (χ3v) is 5.02. The molecule has 142 valence electrons. The maximum atomic E-state index is 12.9. The lowest BCUT2D eigenvalue weighted by Gasteiger charge is -2.37. The Morgan fingerprint density at radius 2 is 2.00 bits per heavy atom. The standard InChI is InChI=1S/C18H21N5O4/c1-26-14-2-3-15-12(9-14)8-13(10-27-15)17(24)22-4-6-23(7-5-22)18(25)16-19-11-20-21-16/h2-3,9,11,13H,4-8,10H2,1H3,(H,19,20,21)/t13-/m0/s1. The highest BCUT2D eigenvalue weighted by Crippen LogP contribution is 2.31. The van der Waals surface area contributed by atoms with Gasteiger partial charge in [-0.2, -0.15) is 5.10 Å². The molecule has 9 nitrogen and oxygen atoms in total. The average Bonchev–Trinajstić information content (AvgIpc) is 3.27. The summed E-state index contributed by atoms with van der Waals surface area (Å²) in [5.41, 5.74) is 0.984. The van der Waals surface area contributed by atoms with Crippen molar-refractivity contribution in [3.05, 3.63) is 35.9 Å². The fourth-order valence-corrected chi connectivity index (χ4v) is 3.50. The zero-order valence-corrected chi connectivity index (χ0v) is 15.1. The summed E-state index contributed by atoms with van der Waals surface area (Å²) in [6, 6.07) is 5.65. The molecule has 2 aromatic rings. The molecule has 2 aliphatic heterocycles. The summed E-state index contributed by atoms with van der Waals surface area (Å²) in [7, 11) is 1.62. The highest BCUT2D eigenvalue weighted by molar-refractivity contribution is 5.90. The number of nitrogens with one attached hydrogen (secondary N) is 1. The van der Waals surface area contributed by atoms with Crippen LogP contribution in [-0.2, 0) is 11.2 Å². The Bertz CT molecular complexity index is 830. The van der Waals surface area contributed by atoms with Crippen molar-refractivity contribution in [2.24, 2.45) is 5.92 Å². The van der Waals surface area contributed by atoms with Gasteiger partial charge in [0.25, 0.3) is 5.91 Å². The van der Waals surface area contributed by atoms with E-state index in [1.54, 1.807) is 12.0 Å². The van der Waals surface area contributed by atoms with E-state index in [0.717, 1.165) is 17.1 Å². The van der Waals surface area contributed by atoms with E-state index in [0.29, 0.717) is 39.2 Å². The van der Waals surface area contributed by atoms with E-state index in [-0.39, 0.29) is 23.6 Å². The molecule has 0 bridgehead atoms. The number of aromatic nitrogens is 3. The van der Waals surface area contributed by atoms with Crippen LogP contribution >= 0.6 is 0 Å². The van der Waals surface area contributed by atoms with Gasteiger partial charge in [0, 0.05) is 26.2 Å². The molecule has 27 heavy (non-hydrogen) atoms. The number of ether oxygens (including phenoxy) is 2. The number of nitrogens with zero attached hydrogens (tertiary/aromatic N) is 4. The fraction of sp³-hybridized carbons (Fsp3) is 0.444. The molecule has 1 atom stereocenters. The first kappa shape index (κ1) is 17.3. The Morgan fingerprint density at radius 3 is 2.70 bits per heavy atom.